The van der Waals surface area contributed by atoms with Gasteiger partial charge in [-0.2, -0.15) is 0 Å². The summed E-state index contributed by atoms with van der Waals surface area (Å²) in [4.78, 5) is 17.0. The highest BCUT2D eigenvalue weighted by Crippen LogP contribution is 2.22. The fourth-order valence-electron chi connectivity index (χ4n) is 2.81. The van der Waals surface area contributed by atoms with Gasteiger partial charge in [0.2, 0.25) is 0 Å². The Morgan fingerprint density at radius 2 is 2.04 bits per heavy atom. The van der Waals surface area contributed by atoms with Gasteiger partial charge in [0.25, 0.3) is 5.91 Å². The lowest BCUT2D eigenvalue weighted by atomic mass is 10.2. The minimum absolute atomic E-state index is 0.0767. The molecule has 26 heavy (non-hydrogen) atoms. The van der Waals surface area contributed by atoms with Gasteiger partial charge in [-0.1, -0.05) is 19.1 Å². The minimum atomic E-state index is -0.0767. The maximum atomic E-state index is 12.6. The van der Waals surface area contributed by atoms with Gasteiger partial charge in [-0.25, -0.2) is 4.98 Å². The van der Waals surface area contributed by atoms with Gasteiger partial charge in [-0.3, -0.25) is 9.36 Å². The Kier molecular flexibility index (Phi) is 5.73. The van der Waals surface area contributed by atoms with E-state index >= 15 is 0 Å². The van der Waals surface area contributed by atoms with Crippen molar-refractivity contribution in [2.45, 2.75) is 33.7 Å². The van der Waals surface area contributed by atoms with Crippen molar-refractivity contribution >= 4 is 17.2 Å². The summed E-state index contributed by atoms with van der Waals surface area (Å²) >= 11 is 1.55. The number of nitrogens with zero attached hydrogens (tertiary/aromatic N) is 2. The normalized spacial score (nSPS) is 10.7. The van der Waals surface area contributed by atoms with Crippen molar-refractivity contribution in [1.29, 1.82) is 0 Å². The third kappa shape index (κ3) is 3.96. The Morgan fingerprint density at radius 1 is 1.27 bits per heavy atom. The van der Waals surface area contributed by atoms with E-state index in [-0.39, 0.29) is 5.91 Å². The van der Waals surface area contributed by atoms with Crippen LogP contribution >= 0.6 is 11.3 Å². The van der Waals surface area contributed by atoms with Gasteiger partial charge >= 0.3 is 0 Å². The first-order valence-corrected chi connectivity index (χ1v) is 9.57. The number of thiazole rings is 1. The first kappa shape index (κ1) is 18.2. The molecule has 0 unspecified atom stereocenters. The Morgan fingerprint density at radius 3 is 2.69 bits per heavy atom. The monoisotopic (exact) mass is 369 g/mol. The molecule has 2 aromatic heterocycles. The van der Waals surface area contributed by atoms with Crippen LogP contribution in [-0.4, -0.2) is 22.1 Å². The average Bonchev–Trinajstić information content (AvgIpc) is 3.26. The number of rotatable bonds is 7. The fourth-order valence-corrected chi connectivity index (χ4v) is 3.57. The van der Waals surface area contributed by atoms with Crippen LogP contribution < -0.4 is 10.1 Å². The molecule has 0 atom stereocenters. The van der Waals surface area contributed by atoms with E-state index in [1.807, 2.05) is 54.1 Å². The molecule has 6 heteroatoms. The van der Waals surface area contributed by atoms with Crippen LogP contribution in [0.15, 0.2) is 41.9 Å². The van der Waals surface area contributed by atoms with Crippen molar-refractivity contribution in [2.75, 3.05) is 6.61 Å². The summed E-state index contributed by atoms with van der Waals surface area (Å²) < 4.78 is 7.59. The van der Waals surface area contributed by atoms with Gasteiger partial charge < -0.3 is 10.1 Å². The standard InChI is InChI=1S/C20H23N3O2S/c1-4-10-25-17-7-5-16(6-8-17)13-22-19(24)18-12-14(2)23(15(18)3)20-21-9-11-26-20/h5-9,11-12H,4,10,13H2,1-3H3,(H,22,24). The number of hydrogen-bond acceptors (Lipinski definition) is 4. The van der Waals surface area contributed by atoms with Crippen molar-refractivity contribution in [3.05, 3.63) is 64.4 Å². The number of benzene rings is 1. The summed E-state index contributed by atoms with van der Waals surface area (Å²) in [5, 5.41) is 5.80. The summed E-state index contributed by atoms with van der Waals surface area (Å²) in [6.07, 6.45) is 2.75. The first-order valence-electron chi connectivity index (χ1n) is 8.69. The van der Waals surface area contributed by atoms with Gasteiger partial charge in [0.15, 0.2) is 5.13 Å². The van der Waals surface area contributed by atoms with Crippen molar-refractivity contribution < 1.29 is 9.53 Å². The molecule has 0 radical (unpaired) electrons. The number of aryl methyl sites for hydroxylation is 1. The second kappa shape index (κ2) is 8.19. The van der Waals surface area contributed by atoms with Gasteiger partial charge in [0, 0.05) is 29.5 Å². The number of carbonyl (C=O) groups is 1. The highest BCUT2D eigenvalue weighted by molar-refractivity contribution is 7.12. The quantitative estimate of drug-likeness (QED) is 0.677. The molecule has 1 N–H and O–H groups in total. The van der Waals surface area contributed by atoms with Crippen molar-refractivity contribution in [1.82, 2.24) is 14.9 Å². The summed E-state index contributed by atoms with van der Waals surface area (Å²) in [7, 11) is 0. The maximum absolute atomic E-state index is 12.6. The van der Waals surface area contributed by atoms with E-state index in [1.54, 1.807) is 17.5 Å². The number of ether oxygens (including phenoxy) is 1. The molecule has 0 aliphatic heterocycles. The van der Waals surface area contributed by atoms with Gasteiger partial charge in [0.1, 0.15) is 5.75 Å². The lowest BCUT2D eigenvalue weighted by molar-refractivity contribution is 0.0950. The molecular formula is C20H23N3O2S. The van der Waals surface area contributed by atoms with Crippen LogP contribution in [0.2, 0.25) is 0 Å². The van der Waals surface area contributed by atoms with E-state index in [0.717, 1.165) is 34.3 Å². The zero-order valence-electron chi connectivity index (χ0n) is 15.3. The van der Waals surface area contributed by atoms with Crippen LogP contribution in [0.4, 0.5) is 0 Å². The Bertz CT molecular complexity index is 867. The SMILES string of the molecule is CCCOc1ccc(CNC(=O)c2cc(C)n(-c3nccs3)c2C)cc1. The molecule has 0 saturated heterocycles. The smallest absolute Gasteiger partial charge is 0.253 e. The van der Waals surface area contributed by atoms with Crippen LogP contribution in [0.1, 0.15) is 40.7 Å². The average molecular weight is 369 g/mol. The number of carbonyl (C=O) groups excluding carboxylic acids is 1. The molecule has 0 spiro atoms. The Labute approximate surface area is 157 Å². The van der Waals surface area contributed by atoms with E-state index in [1.165, 1.54) is 0 Å². The molecule has 0 aliphatic rings. The molecular weight excluding hydrogens is 346 g/mol. The van der Waals surface area contributed by atoms with E-state index in [0.29, 0.717) is 18.7 Å². The minimum Gasteiger partial charge on any atom is -0.494 e. The summed E-state index contributed by atoms with van der Waals surface area (Å²) in [6.45, 7) is 7.21. The largest absolute Gasteiger partial charge is 0.494 e. The molecule has 3 rings (SSSR count). The third-order valence-corrected chi connectivity index (χ3v) is 4.89. The topological polar surface area (TPSA) is 56.1 Å². The van der Waals surface area contributed by atoms with Crippen molar-refractivity contribution in [3.8, 4) is 10.9 Å². The molecule has 0 aliphatic carbocycles. The predicted molar refractivity (Wildman–Crippen MR) is 104 cm³/mol. The van der Waals surface area contributed by atoms with E-state index in [2.05, 4.69) is 17.2 Å². The Balaban J connectivity index is 1.66. The van der Waals surface area contributed by atoms with E-state index in [9.17, 15) is 4.79 Å². The number of amides is 1. The molecule has 0 fully saturated rings. The zero-order valence-corrected chi connectivity index (χ0v) is 16.1. The second-order valence-corrected chi connectivity index (χ2v) is 6.98. The molecule has 0 bridgehead atoms. The maximum Gasteiger partial charge on any atom is 0.253 e. The van der Waals surface area contributed by atoms with E-state index in [4.69, 9.17) is 4.74 Å². The van der Waals surface area contributed by atoms with Gasteiger partial charge in [0.05, 0.1) is 12.2 Å². The molecule has 1 aromatic carbocycles. The van der Waals surface area contributed by atoms with Gasteiger partial charge in [-0.15, -0.1) is 11.3 Å². The van der Waals surface area contributed by atoms with Crippen molar-refractivity contribution in [3.63, 3.8) is 0 Å². The fraction of sp³-hybridized carbons (Fsp3) is 0.300. The Hall–Kier alpha value is -2.60. The first-order chi connectivity index (χ1) is 12.6. The third-order valence-electron chi connectivity index (χ3n) is 4.14. The molecule has 1 amide bonds. The number of hydrogen-bond donors (Lipinski definition) is 1. The number of aromatic nitrogens is 2. The summed E-state index contributed by atoms with van der Waals surface area (Å²) in [6, 6.07) is 9.74. The van der Waals surface area contributed by atoms with E-state index < -0.39 is 0 Å². The molecule has 2 heterocycles. The molecule has 3 aromatic rings. The van der Waals surface area contributed by atoms with Crippen LogP contribution in [0.25, 0.3) is 5.13 Å². The molecule has 136 valence electrons. The highest BCUT2D eigenvalue weighted by Gasteiger charge is 2.17. The highest BCUT2D eigenvalue weighted by atomic mass is 32.1. The second-order valence-electron chi connectivity index (χ2n) is 6.11. The lowest BCUT2D eigenvalue weighted by Crippen LogP contribution is -2.23. The molecule has 5 nitrogen and oxygen atoms in total. The summed E-state index contributed by atoms with van der Waals surface area (Å²) in [5.41, 5.74) is 3.62. The summed E-state index contributed by atoms with van der Waals surface area (Å²) in [5.74, 6) is 0.779. The predicted octanol–water partition coefficient (Wildman–Crippen LogP) is 4.27. The molecule has 0 saturated carbocycles. The van der Waals surface area contributed by atoms with Crippen molar-refractivity contribution in [2.24, 2.45) is 0 Å². The van der Waals surface area contributed by atoms with Crippen LogP contribution in [-0.2, 0) is 6.54 Å². The van der Waals surface area contributed by atoms with Gasteiger partial charge in [-0.05, 0) is 44.0 Å². The van der Waals surface area contributed by atoms with Crippen LogP contribution in [0.3, 0.4) is 0 Å². The van der Waals surface area contributed by atoms with Crippen LogP contribution in [0, 0.1) is 13.8 Å². The van der Waals surface area contributed by atoms with Crippen LogP contribution in [0.5, 0.6) is 5.75 Å². The number of nitrogens with one attached hydrogen (secondary N) is 1. The zero-order chi connectivity index (χ0) is 18.5. The lowest BCUT2D eigenvalue weighted by Gasteiger charge is -2.08.